The van der Waals surface area contributed by atoms with Crippen molar-refractivity contribution in [2.24, 2.45) is 0 Å². The van der Waals surface area contributed by atoms with Gasteiger partial charge < -0.3 is 20.1 Å². The molecule has 5 nitrogen and oxygen atoms in total. The molecular weight excluding hydrogens is 256 g/mol. The van der Waals surface area contributed by atoms with Crippen molar-refractivity contribution in [2.45, 2.75) is 32.9 Å². The SMILES string of the molecule is COCC(C)NC(=O)NC(C)COc1cccc(C)c1. The summed E-state index contributed by atoms with van der Waals surface area (Å²) >= 11 is 0. The van der Waals surface area contributed by atoms with Crippen LogP contribution in [-0.4, -0.2) is 38.4 Å². The van der Waals surface area contributed by atoms with E-state index in [1.54, 1.807) is 7.11 Å². The molecule has 0 aliphatic rings. The number of hydrogen-bond donors (Lipinski definition) is 2. The third-order valence-electron chi connectivity index (χ3n) is 2.66. The Kier molecular flexibility index (Phi) is 6.87. The van der Waals surface area contributed by atoms with Crippen molar-refractivity contribution in [3.05, 3.63) is 29.8 Å². The van der Waals surface area contributed by atoms with E-state index < -0.39 is 0 Å². The lowest BCUT2D eigenvalue weighted by atomic mass is 10.2. The molecule has 0 bridgehead atoms. The molecule has 0 radical (unpaired) electrons. The molecule has 0 spiro atoms. The number of ether oxygens (including phenoxy) is 2. The molecule has 20 heavy (non-hydrogen) atoms. The van der Waals surface area contributed by atoms with Crippen LogP contribution < -0.4 is 15.4 Å². The summed E-state index contributed by atoms with van der Waals surface area (Å²) in [6.45, 7) is 6.71. The van der Waals surface area contributed by atoms with Crippen molar-refractivity contribution < 1.29 is 14.3 Å². The van der Waals surface area contributed by atoms with E-state index >= 15 is 0 Å². The number of benzene rings is 1. The van der Waals surface area contributed by atoms with Gasteiger partial charge in [-0.15, -0.1) is 0 Å². The van der Waals surface area contributed by atoms with E-state index in [1.165, 1.54) is 0 Å². The highest BCUT2D eigenvalue weighted by Crippen LogP contribution is 2.12. The third-order valence-corrected chi connectivity index (χ3v) is 2.66. The van der Waals surface area contributed by atoms with Crippen LogP contribution in [0.15, 0.2) is 24.3 Å². The van der Waals surface area contributed by atoms with Gasteiger partial charge in [-0.1, -0.05) is 12.1 Å². The summed E-state index contributed by atoms with van der Waals surface area (Å²) in [5.41, 5.74) is 1.15. The molecule has 1 rings (SSSR count). The Morgan fingerprint density at radius 2 is 1.85 bits per heavy atom. The molecule has 2 N–H and O–H groups in total. The molecule has 0 saturated heterocycles. The average molecular weight is 280 g/mol. The Bertz CT molecular complexity index is 423. The largest absolute Gasteiger partial charge is 0.491 e. The van der Waals surface area contributed by atoms with Crippen molar-refractivity contribution in [1.82, 2.24) is 10.6 Å². The van der Waals surface area contributed by atoms with Gasteiger partial charge in [0.05, 0.1) is 18.7 Å². The maximum Gasteiger partial charge on any atom is 0.315 e. The van der Waals surface area contributed by atoms with E-state index in [9.17, 15) is 4.79 Å². The van der Waals surface area contributed by atoms with Crippen LogP contribution in [0.4, 0.5) is 4.79 Å². The molecule has 112 valence electrons. The summed E-state index contributed by atoms with van der Waals surface area (Å²) in [4.78, 5) is 11.7. The number of aryl methyl sites for hydroxylation is 1. The minimum atomic E-state index is -0.213. The fourth-order valence-corrected chi connectivity index (χ4v) is 1.75. The first-order chi connectivity index (χ1) is 9.51. The molecule has 1 aromatic rings. The monoisotopic (exact) mass is 280 g/mol. The highest BCUT2D eigenvalue weighted by atomic mass is 16.5. The van der Waals surface area contributed by atoms with Gasteiger partial charge in [0.15, 0.2) is 0 Å². The molecular formula is C15H24N2O3. The third kappa shape index (κ3) is 6.43. The number of methoxy groups -OCH3 is 1. The van der Waals surface area contributed by atoms with Gasteiger partial charge in [-0.25, -0.2) is 4.79 Å². The van der Waals surface area contributed by atoms with Gasteiger partial charge in [-0.3, -0.25) is 0 Å². The Balaban J connectivity index is 2.29. The average Bonchev–Trinajstić information content (AvgIpc) is 2.36. The lowest BCUT2D eigenvalue weighted by molar-refractivity contribution is 0.169. The Labute approximate surface area is 120 Å². The van der Waals surface area contributed by atoms with Crippen LogP contribution in [0.1, 0.15) is 19.4 Å². The zero-order valence-electron chi connectivity index (χ0n) is 12.6. The van der Waals surface area contributed by atoms with Crippen LogP contribution in [0.3, 0.4) is 0 Å². The van der Waals surface area contributed by atoms with E-state index in [4.69, 9.17) is 9.47 Å². The first kappa shape index (κ1) is 16.3. The summed E-state index contributed by atoms with van der Waals surface area (Å²) in [5, 5.41) is 5.61. The van der Waals surface area contributed by atoms with Gasteiger partial charge >= 0.3 is 6.03 Å². The molecule has 2 atom stereocenters. The van der Waals surface area contributed by atoms with Gasteiger partial charge in [-0.05, 0) is 38.5 Å². The predicted octanol–water partition coefficient (Wildman–Crippen LogP) is 2.10. The second-order valence-electron chi connectivity index (χ2n) is 5.00. The van der Waals surface area contributed by atoms with E-state index in [0.717, 1.165) is 11.3 Å². The van der Waals surface area contributed by atoms with E-state index in [2.05, 4.69) is 10.6 Å². The molecule has 0 aliphatic carbocycles. The van der Waals surface area contributed by atoms with Crippen LogP contribution in [0.2, 0.25) is 0 Å². The number of carbonyl (C=O) groups excluding carboxylic acids is 1. The standard InChI is InChI=1S/C15H24N2O3/c1-11-6-5-7-14(8-11)20-10-13(3)17-15(18)16-12(2)9-19-4/h5-8,12-13H,9-10H2,1-4H3,(H2,16,17,18). The highest BCUT2D eigenvalue weighted by molar-refractivity contribution is 5.74. The zero-order chi connectivity index (χ0) is 15.0. The second-order valence-corrected chi connectivity index (χ2v) is 5.00. The molecule has 0 aliphatic heterocycles. The quantitative estimate of drug-likeness (QED) is 0.804. The van der Waals surface area contributed by atoms with Crippen LogP contribution in [-0.2, 0) is 4.74 Å². The molecule has 2 amide bonds. The first-order valence-corrected chi connectivity index (χ1v) is 6.76. The molecule has 2 unspecified atom stereocenters. The van der Waals surface area contributed by atoms with Crippen LogP contribution in [0.25, 0.3) is 0 Å². The lowest BCUT2D eigenvalue weighted by Gasteiger charge is -2.18. The van der Waals surface area contributed by atoms with Gasteiger partial charge in [-0.2, -0.15) is 0 Å². The summed E-state index contributed by atoms with van der Waals surface area (Å²) in [7, 11) is 1.61. The molecule has 0 aromatic heterocycles. The smallest absolute Gasteiger partial charge is 0.315 e. The van der Waals surface area contributed by atoms with Crippen molar-refractivity contribution in [3.8, 4) is 5.75 Å². The topological polar surface area (TPSA) is 59.6 Å². The second kappa shape index (κ2) is 8.43. The minimum absolute atomic E-state index is 0.0232. The molecule has 0 fully saturated rings. The van der Waals surface area contributed by atoms with Crippen molar-refractivity contribution >= 4 is 6.03 Å². The minimum Gasteiger partial charge on any atom is -0.491 e. The molecule has 0 heterocycles. The number of amides is 2. The van der Waals surface area contributed by atoms with E-state index in [1.807, 2.05) is 45.0 Å². The molecule has 0 saturated carbocycles. The first-order valence-electron chi connectivity index (χ1n) is 6.76. The Morgan fingerprint density at radius 3 is 2.45 bits per heavy atom. The summed E-state index contributed by atoms with van der Waals surface area (Å²) in [6.07, 6.45) is 0. The summed E-state index contributed by atoms with van der Waals surface area (Å²) < 4.78 is 10.6. The normalized spacial score (nSPS) is 13.4. The maximum atomic E-state index is 11.7. The number of urea groups is 1. The van der Waals surface area contributed by atoms with Gasteiger partial charge in [0.25, 0.3) is 0 Å². The zero-order valence-corrected chi connectivity index (χ0v) is 12.6. The number of hydrogen-bond acceptors (Lipinski definition) is 3. The Morgan fingerprint density at radius 1 is 1.20 bits per heavy atom. The van der Waals surface area contributed by atoms with Gasteiger partial charge in [0.1, 0.15) is 12.4 Å². The fraction of sp³-hybridized carbons (Fsp3) is 0.533. The maximum absolute atomic E-state index is 11.7. The van der Waals surface area contributed by atoms with Crippen molar-refractivity contribution in [1.29, 1.82) is 0 Å². The van der Waals surface area contributed by atoms with Crippen molar-refractivity contribution in [2.75, 3.05) is 20.3 Å². The number of nitrogens with one attached hydrogen (secondary N) is 2. The lowest BCUT2D eigenvalue weighted by Crippen LogP contribution is -2.47. The molecule has 1 aromatic carbocycles. The highest BCUT2D eigenvalue weighted by Gasteiger charge is 2.10. The van der Waals surface area contributed by atoms with E-state index in [-0.39, 0.29) is 18.1 Å². The Hall–Kier alpha value is -1.75. The van der Waals surface area contributed by atoms with Crippen LogP contribution >= 0.6 is 0 Å². The predicted molar refractivity (Wildman–Crippen MR) is 79.1 cm³/mol. The van der Waals surface area contributed by atoms with Crippen LogP contribution in [0, 0.1) is 6.92 Å². The number of rotatable bonds is 7. The fourth-order valence-electron chi connectivity index (χ4n) is 1.75. The number of carbonyl (C=O) groups is 1. The summed E-state index contributed by atoms with van der Waals surface area (Å²) in [5.74, 6) is 0.812. The van der Waals surface area contributed by atoms with Crippen LogP contribution in [0.5, 0.6) is 5.75 Å². The van der Waals surface area contributed by atoms with Gasteiger partial charge in [0.2, 0.25) is 0 Å². The van der Waals surface area contributed by atoms with Gasteiger partial charge in [0, 0.05) is 7.11 Å². The van der Waals surface area contributed by atoms with Crippen molar-refractivity contribution in [3.63, 3.8) is 0 Å². The molecule has 5 heteroatoms. The van der Waals surface area contributed by atoms with E-state index in [0.29, 0.717) is 13.2 Å². The summed E-state index contributed by atoms with van der Waals surface area (Å²) in [6, 6.07) is 7.51.